The molecule has 2 aromatic heterocycles. The molecule has 2 heterocycles. The van der Waals surface area contributed by atoms with Crippen LogP contribution < -0.4 is 5.32 Å². The van der Waals surface area contributed by atoms with Gasteiger partial charge in [-0.25, -0.2) is 0 Å². The average Bonchev–Trinajstić information content (AvgIpc) is 2.85. The third-order valence-electron chi connectivity index (χ3n) is 2.97. The second kappa shape index (κ2) is 4.53. The van der Waals surface area contributed by atoms with E-state index < -0.39 is 0 Å². The van der Waals surface area contributed by atoms with Gasteiger partial charge in [0.15, 0.2) is 5.69 Å². The molecule has 3 rings (SSSR count). The second-order valence-electron chi connectivity index (χ2n) is 4.26. The molecule has 0 atom stereocenters. The molecule has 0 saturated carbocycles. The Kier molecular flexibility index (Phi) is 2.72. The zero-order valence-corrected chi connectivity index (χ0v) is 10.3. The average molecular weight is 252 g/mol. The van der Waals surface area contributed by atoms with Crippen LogP contribution in [0.3, 0.4) is 0 Å². The maximum atomic E-state index is 12.2. The molecule has 0 unspecified atom stereocenters. The van der Waals surface area contributed by atoms with Crippen LogP contribution in [0.5, 0.6) is 0 Å². The smallest absolute Gasteiger partial charge is 0.276 e. The normalized spacial score (nSPS) is 10.6. The van der Waals surface area contributed by atoms with Crippen molar-refractivity contribution in [2.75, 3.05) is 5.32 Å². The monoisotopic (exact) mass is 252 g/mol. The van der Waals surface area contributed by atoms with Crippen molar-refractivity contribution < 1.29 is 4.79 Å². The SMILES string of the molecule is Cc1ccncc1NC(=O)c1n[nH]c2ccccc12. The van der Waals surface area contributed by atoms with E-state index >= 15 is 0 Å². The first-order valence-electron chi connectivity index (χ1n) is 5.91. The predicted molar refractivity (Wildman–Crippen MR) is 73.0 cm³/mol. The number of nitrogens with one attached hydrogen (secondary N) is 2. The van der Waals surface area contributed by atoms with Crippen LogP contribution in [-0.4, -0.2) is 21.1 Å². The summed E-state index contributed by atoms with van der Waals surface area (Å²) in [4.78, 5) is 16.2. The van der Waals surface area contributed by atoms with Gasteiger partial charge in [-0.2, -0.15) is 5.10 Å². The first-order chi connectivity index (χ1) is 9.25. The number of carbonyl (C=O) groups is 1. The summed E-state index contributed by atoms with van der Waals surface area (Å²) in [6, 6.07) is 9.37. The van der Waals surface area contributed by atoms with Crippen LogP contribution in [0.2, 0.25) is 0 Å². The maximum Gasteiger partial charge on any atom is 0.276 e. The summed E-state index contributed by atoms with van der Waals surface area (Å²) in [5.74, 6) is -0.242. The van der Waals surface area contributed by atoms with Crippen LogP contribution in [0.15, 0.2) is 42.7 Å². The summed E-state index contributed by atoms with van der Waals surface area (Å²) in [7, 11) is 0. The molecule has 3 aromatic rings. The highest BCUT2D eigenvalue weighted by Crippen LogP contribution is 2.18. The lowest BCUT2D eigenvalue weighted by Gasteiger charge is -2.05. The van der Waals surface area contributed by atoms with E-state index in [2.05, 4.69) is 20.5 Å². The van der Waals surface area contributed by atoms with Gasteiger partial charge in [0.2, 0.25) is 0 Å². The molecular formula is C14H12N4O. The topological polar surface area (TPSA) is 70.7 Å². The highest BCUT2D eigenvalue weighted by molar-refractivity contribution is 6.11. The summed E-state index contributed by atoms with van der Waals surface area (Å²) in [6.45, 7) is 1.92. The minimum atomic E-state index is -0.242. The van der Waals surface area contributed by atoms with E-state index in [9.17, 15) is 4.79 Å². The molecule has 2 N–H and O–H groups in total. The molecule has 94 valence electrons. The Morgan fingerprint density at radius 3 is 2.95 bits per heavy atom. The number of hydrogen-bond donors (Lipinski definition) is 2. The van der Waals surface area contributed by atoms with E-state index in [1.165, 1.54) is 0 Å². The molecule has 0 saturated heterocycles. The van der Waals surface area contributed by atoms with Gasteiger partial charge in [-0.1, -0.05) is 18.2 Å². The number of hydrogen-bond acceptors (Lipinski definition) is 3. The Balaban J connectivity index is 1.95. The third-order valence-corrected chi connectivity index (χ3v) is 2.97. The Morgan fingerprint density at radius 1 is 1.26 bits per heavy atom. The van der Waals surface area contributed by atoms with Crippen molar-refractivity contribution >= 4 is 22.5 Å². The van der Waals surface area contributed by atoms with Gasteiger partial charge in [-0.3, -0.25) is 14.9 Å². The van der Waals surface area contributed by atoms with E-state index in [1.54, 1.807) is 12.4 Å². The van der Waals surface area contributed by atoms with E-state index in [1.807, 2.05) is 37.3 Å². The minimum Gasteiger partial charge on any atom is -0.319 e. The lowest BCUT2D eigenvalue weighted by Crippen LogP contribution is -2.13. The van der Waals surface area contributed by atoms with E-state index in [-0.39, 0.29) is 5.91 Å². The molecule has 1 amide bonds. The van der Waals surface area contributed by atoms with Gasteiger partial charge in [-0.05, 0) is 24.6 Å². The standard InChI is InChI=1S/C14H12N4O/c1-9-6-7-15-8-12(9)16-14(19)13-10-4-2-3-5-11(10)17-18-13/h2-8H,1H3,(H,16,19)(H,17,18). The Bertz CT molecular complexity index is 748. The maximum absolute atomic E-state index is 12.2. The summed E-state index contributed by atoms with van der Waals surface area (Å²) < 4.78 is 0. The molecule has 0 aliphatic rings. The van der Waals surface area contributed by atoms with Crippen LogP contribution in [0, 0.1) is 6.92 Å². The van der Waals surface area contributed by atoms with Gasteiger partial charge in [0.1, 0.15) is 0 Å². The predicted octanol–water partition coefficient (Wildman–Crippen LogP) is 2.52. The van der Waals surface area contributed by atoms with Crippen LogP contribution in [-0.2, 0) is 0 Å². The molecule has 1 aromatic carbocycles. The van der Waals surface area contributed by atoms with E-state index in [4.69, 9.17) is 0 Å². The number of aromatic amines is 1. The number of aromatic nitrogens is 3. The first kappa shape index (κ1) is 11.4. The van der Waals surface area contributed by atoms with Crippen molar-refractivity contribution in [1.82, 2.24) is 15.2 Å². The highest BCUT2D eigenvalue weighted by Gasteiger charge is 2.14. The number of H-pyrrole nitrogens is 1. The zero-order chi connectivity index (χ0) is 13.2. The quantitative estimate of drug-likeness (QED) is 0.736. The molecule has 0 spiro atoms. The number of anilines is 1. The van der Waals surface area contributed by atoms with Gasteiger partial charge in [0.05, 0.1) is 17.4 Å². The summed E-state index contributed by atoms with van der Waals surface area (Å²) >= 11 is 0. The highest BCUT2D eigenvalue weighted by atomic mass is 16.1. The number of carbonyl (C=O) groups excluding carboxylic acids is 1. The molecule has 0 bridgehead atoms. The number of rotatable bonds is 2. The Labute approximate surface area is 109 Å². The Hall–Kier alpha value is -2.69. The van der Waals surface area contributed by atoms with Crippen molar-refractivity contribution in [2.24, 2.45) is 0 Å². The summed E-state index contributed by atoms with van der Waals surface area (Å²) in [5.41, 5.74) is 2.89. The molecule has 0 aliphatic carbocycles. The number of amides is 1. The summed E-state index contributed by atoms with van der Waals surface area (Å²) in [5, 5.41) is 10.5. The van der Waals surface area contributed by atoms with E-state index in [0.717, 1.165) is 16.5 Å². The number of nitrogens with zero attached hydrogens (tertiary/aromatic N) is 2. The van der Waals surface area contributed by atoms with E-state index in [0.29, 0.717) is 11.4 Å². The van der Waals surface area contributed by atoms with Gasteiger partial charge >= 0.3 is 0 Å². The number of aryl methyl sites for hydroxylation is 1. The molecule has 5 heteroatoms. The molecule has 19 heavy (non-hydrogen) atoms. The fraction of sp³-hybridized carbons (Fsp3) is 0.0714. The first-order valence-corrected chi connectivity index (χ1v) is 5.91. The molecular weight excluding hydrogens is 240 g/mol. The number of benzene rings is 1. The minimum absolute atomic E-state index is 0.242. The lowest BCUT2D eigenvalue weighted by molar-refractivity contribution is 0.102. The fourth-order valence-electron chi connectivity index (χ4n) is 1.91. The van der Waals surface area contributed by atoms with Crippen molar-refractivity contribution in [2.45, 2.75) is 6.92 Å². The zero-order valence-electron chi connectivity index (χ0n) is 10.3. The van der Waals surface area contributed by atoms with Gasteiger partial charge in [-0.15, -0.1) is 0 Å². The van der Waals surface area contributed by atoms with Crippen LogP contribution in [0.4, 0.5) is 5.69 Å². The molecule has 0 radical (unpaired) electrons. The number of fused-ring (bicyclic) bond motifs is 1. The van der Waals surface area contributed by atoms with Crippen LogP contribution in [0.25, 0.3) is 10.9 Å². The fourth-order valence-corrected chi connectivity index (χ4v) is 1.91. The van der Waals surface area contributed by atoms with Gasteiger partial charge < -0.3 is 5.32 Å². The van der Waals surface area contributed by atoms with Crippen molar-refractivity contribution in [3.63, 3.8) is 0 Å². The Morgan fingerprint density at radius 2 is 2.11 bits per heavy atom. The number of pyridine rings is 1. The van der Waals surface area contributed by atoms with Crippen molar-refractivity contribution in [3.8, 4) is 0 Å². The lowest BCUT2D eigenvalue weighted by atomic mass is 10.2. The molecule has 0 fully saturated rings. The van der Waals surface area contributed by atoms with Crippen LogP contribution >= 0.6 is 0 Å². The summed E-state index contributed by atoms with van der Waals surface area (Å²) in [6.07, 6.45) is 3.32. The van der Waals surface area contributed by atoms with Crippen LogP contribution in [0.1, 0.15) is 16.1 Å². The number of para-hydroxylation sites is 1. The third kappa shape index (κ3) is 2.06. The van der Waals surface area contributed by atoms with Gasteiger partial charge in [0.25, 0.3) is 5.91 Å². The molecule has 5 nitrogen and oxygen atoms in total. The van der Waals surface area contributed by atoms with Crippen molar-refractivity contribution in [3.05, 3.63) is 54.0 Å². The van der Waals surface area contributed by atoms with Gasteiger partial charge in [0, 0.05) is 11.6 Å². The largest absolute Gasteiger partial charge is 0.319 e. The second-order valence-corrected chi connectivity index (χ2v) is 4.26. The van der Waals surface area contributed by atoms with Crippen molar-refractivity contribution in [1.29, 1.82) is 0 Å². The molecule has 0 aliphatic heterocycles.